The van der Waals surface area contributed by atoms with Gasteiger partial charge in [0.15, 0.2) is 0 Å². The Morgan fingerprint density at radius 2 is 1.82 bits per heavy atom. The highest BCUT2D eigenvalue weighted by Gasteiger charge is 2.34. The van der Waals surface area contributed by atoms with Gasteiger partial charge in [0.2, 0.25) is 11.8 Å². The lowest BCUT2D eigenvalue weighted by Gasteiger charge is -2.22. The van der Waals surface area contributed by atoms with Crippen LogP contribution in [0.5, 0.6) is 0 Å². The predicted molar refractivity (Wildman–Crippen MR) is 80.6 cm³/mol. The molecule has 1 aromatic carbocycles. The molecule has 4 nitrogen and oxygen atoms in total. The summed E-state index contributed by atoms with van der Waals surface area (Å²) in [5, 5.41) is 0. The standard InChI is InChI=1S/C17H21FN2O2/c18-15-4-1-3-13(11-15)12-16(21)19-7-2-8-20(10-9-19)17(22)14-5-6-14/h1,3-4,11,14H,2,5-10,12H2. The van der Waals surface area contributed by atoms with Crippen LogP contribution in [-0.4, -0.2) is 47.8 Å². The summed E-state index contributed by atoms with van der Waals surface area (Å²) >= 11 is 0. The Morgan fingerprint density at radius 3 is 2.55 bits per heavy atom. The van der Waals surface area contributed by atoms with E-state index in [9.17, 15) is 14.0 Å². The first-order valence-corrected chi connectivity index (χ1v) is 7.94. The molecule has 0 unspecified atom stereocenters. The number of rotatable bonds is 3. The van der Waals surface area contributed by atoms with Crippen molar-refractivity contribution in [2.75, 3.05) is 26.2 Å². The lowest BCUT2D eigenvalue weighted by atomic mass is 10.1. The van der Waals surface area contributed by atoms with Crippen molar-refractivity contribution in [2.24, 2.45) is 5.92 Å². The highest BCUT2D eigenvalue weighted by atomic mass is 19.1. The van der Waals surface area contributed by atoms with Gasteiger partial charge in [-0.3, -0.25) is 9.59 Å². The lowest BCUT2D eigenvalue weighted by Crippen LogP contribution is -2.38. The molecule has 3 rings (SSSR count). The molecule has 1 saturated carbocycles. The second-order valence-electron chi connectivity index (χ2n) is 6.14. The molecule has 118 valence electrons. The minimum Gasteiger partial charge on any atom is -0.341 e. The van der Waals surface area contributed by atoms with Crippen molar-refractivity contribution in [1.29, 1.82) is 0 Å². The SMILES string of the molecule is O=C(Cc1cccc(F)c1)N1CCCN(C(=O)C2CC2)CC1. The van der Waals surface area contributed by atoms with Crippen LogP contribution < -0.4 is 0 Å². The molecule has 0 aromatic heterocycles. The molecule has 1 aliphatic heterocycles. The molecule has 0 bridgehead atoms. The van der Waals surface area contributed by atoms with Crippen molar-refractivity contribution in [3.63, 3.8) is 0 Å². The van der Waals surface area contributed by atoms with Crippen molar-refractivity contribution in [3.8, 4) is 0 Å². The molecule has 1 aromatic rings. The maximum atomic E-state index is 13.2. The van der Waals surface area contributed by atoms with E-state index in [-0.39, 0.29) is 30.0 Å². The molecule has 2 fully saturated rings. The maximum absolute atomic E-state index is 13.2. The third-order valence-corrected chi connectivity index (χ3v) is 4.33. The Kier molecular flexibility index (Phi) is 4.41. The van der Waals surface area contributed by atoms with Crippen LogP contribution >= 0.6 is 0 Å². The molecule has 1 saturated heterocycles. The number of nitrogens with zero attached hydrogens (tertiary/aromatic N) is 2. The van der Waals surface area contributed by atoms with Crippen molar-refractivity contribution >= 4 is 11.8 Å². The van der Waals surface area contributed by atoms with E-state index in [1.807, 2.05) is 4.90 Å². The Balaban J connectivity index is 1.55. The molecule has 2 amide bonds. The summed E-state index contributed by atoms with van der Waals surface area (Å²) in [6, 6.07) is 6.16. The molecule has 2 aliphatic rings. The number of benzene rings is 1. The molecule has 5 heteroatoms. The average Bonchev–Trinajstić information content (AvgIpc) is 3.33. The van der Waals surface area contributed by atoms with E-state index >= 15 is 0 Å². The van der Waals surface area contributed by atoms with Gasteiger partial charge in [-0.2, -0.15) is 0 Å². The Hall–Kier alpha value is -1.91. The van der Waals surface area contributed by atoms with E-state index in [1.165, 1.54) is 12.1 Å². The van der Waals surface area contributed by atoms with Crippen LogP contribution in [-0.2, 0) is 16.0 Å². The quantitative estimate of drug-likeness (QED) is 0.855. The van der Waals surface area contributed by atoms with Crippen molar-refractivity contribution < 1.29 is 14.0 Å². The zero-order valence-electron chi connectivity index (χ0n) is 12.6. The van der Waals surface area contributed by atoms with Crippen LogP contribution in [0.1, 0.15) is 24.8 Å². The van der Waals surface area contributed by atoms with E-state index < -0.39 is 0 Å². The fourth-order valence-electron chi connectivity index (χ4n) is 2.91. The highest BCUT2D eigenvalue weighted by Crippen LogP contribution is 2.31. The van der Waals surface area contributed by atoms with Gasteiger partial charge < -0.3 is 9.80 Å². The van der Waals surface area contributed by atoms with Crippen LogP contribution in [0.4, 0.5) is 4.39 Å². The Morgan fingerprint density at radius 1 is 1.09 bits per heavy atom. The van der Waals surface area contributed by atoms with Gasteiger partial charge >= 0.3 is 0 Å². The third kappa shape index (κ3) is 3.64. The molecule has 1 heterocycles. The second-order valence-corrected chi connectivity index (χ2v) is 6.14. The van der Waals surface area contributed by atoms with Crippen molar-refractivity contribution in [3.05, 3.63) is 35.6 Å². The highest BCUT2D eigenvalue weighted by molar-refractivity contribution is 5.81. The number of carbonyl (C=O) groups excluding carboxylic acids is 2. The normalized spacial score (nSPS) is 19.0. The summed E-state index contributed by atoms with van der Waals surface area (Å²) in [5.41, 5.74) is 0.695. The van der Waals surface area contributed by atoms with E-state index in [1.54, 1.807) is 17.0 Å². The van der Waals surface area contributed by atoms with Crippen molar-refractivity contribution in [1.82, 2.24) is 9.80 Å². The summed E-state index contributed by atoms with van der Waals surface area (Å²) < 4.78 is 13.2. The topological polar surface area (TPSA) is 40.6 Å². The molecule has 0 atom stereocenters. The number of carbonyl (C=O) groups is 2. The molecule has 0 spiro atoms. The lowest BCUT2D eigenvalue weighted by molar-refractivity contribution is -0.134. The van der Waals surface area contributed by atoms with Gasteiger partial charge in [-0.25, -0.2) is 4.39 Å². The van der Waals surface area contributed by atoms with Crippen LogP contribution in [0.25, 0.3) is 0 Å². The summed E-state index contributed by atoms with van der Waals surface area (Å²) in [6.45, 7) is 2.60. The fourth-order valence-corrected chi connectivity index (χ4v) is 2.91. The van der Waals surface area contributed by atoms with Gasteiger partial charge in [-0.05, 0) is 37.0 Å². The van der Waals surface area contributed by atoms with Gasteiger partial charge in [0.25, 0.3) is 0 Å². The second kappa shape index (κ2) is 6.46. The molecular weight excluding hydrogens is 283 g/mol. The largest absolute Gasteiger partial charge is 0.341 e. The minimum atomic E-state index is -0.317. The van der Waals surface area contributed by atoms with Gasteiger partial charge in [0, 0.05) is 32.1 Å². The van der Waals surface area contributed by atoms with Gasteiger partial charge in [0.1, 0.15) is 5.82 Å². The Bertz CT molecular complexity index is 572. The van der Waals surface area contributed by atoms with Crippen LogP contribution in [0.15, 0.2) is 24.3 Å². The first kappa shape index (κ1) is 15.0. The predicted octanol–water partition coefficient (Wildman–Crippen LogP) is 1.84. The monoisotopic (exact) mass is 304 g/mol. The molecule has 1 aliphatic carbocycles. The molecule has 22 heavy (non-hydrogen) atoms. The minimum absolute atomic E-state index is 0.00585. The van der Waals surface area contributed by atoms with Gasteiger partial charge in [0.05, 0.1) is 6.42 Å². The van der Waals surface area contributed by atoms with E-state index in [0.717, 1.165) is 25.8 Å². The van der Waals surface area contributed by atoms with Crippen LogP contribution in [0.2, 0.25) is 0 Å². The summed E-state index contributed by atoms with van der Waals surface area (Å²) in [6.07, 6.45) is 3.05. The average molecular weight is 304 g/mol. The number of amides is 2. The van der Waals surface area contributed by atoms with Crippen LogP contribution in [0, 0.1) is 11.7 Å². The molecular formula is C17H21FN2O2. The zero-order chi connectivity index (χ0) is 15.5. The Labute approximate surface area is 129 Å². The van der Waals surface area contributed by atoms with Gasteiger partial charge in [-0.15, -0.1) is 0 Å². The van der Waals surface area contributed by atoms with E-state index in [2.05, 4.69) is 0 Å². The number of hydrogen-bond acceptors (Lipinski definition) is 2. The molecule has 0 N–H and O–H groups in total. The van der Waals surface area contributed by atoms with E-state index in [4.69, 9.17) is 0 Å². The summed E-state index contributed by atoms with van der Waals surface area (Å²) in [5.74, 6) is 0.169. The maximum Gasteiger partial charge on any atom is 0.227 e. The van der Waals surface area contributed by atoms with E-state index in [0.29, 0.717) is 25.2 Å². The van der Waals surface area contributed by atoms with Crippen molar-refractivity contribution in [2.45, 2.75) is 25.7 Å². The summed E-state index contributed by atoms with van der Waals surface area (Å²) in [4.78, 5) is 28.1. The first-order chi connectivity index (χ1) is 10.6. The smallest absolute Gasteiger partial charge is 0.227 e. The fraction of sp³-hybridized carbons (Fsp3) is 0.529. The number of hydrogen-bond donors (Lipinski definition) is 0. The third-order valence-electron chi connectivity index (χ3n) is 4.33. The first-order valence-electron chi connectivity index (χ1n) is 7.94. The van der Waals surface area contributed by atoms with Crippen LogP contribution in [0.3, 0.4) is 0 Å². The molecule has 0 radical (unpaired) electrons. The zero-order valence-corrected chi connectivity index (χ0v) is 12.6. The van der Waals surface area contributed by atoms with Gasteiger partial charge in [-0.1, -0.05) is 12.1 Å². The summed E-state index contributed by atoms with van der Waals surface area (Å²) in [7, 11) is 0. The number of halogens is 1.